The summed E-state index contributed by atoms with van der Waals surface area (Å²) in [7, 11) is 0. The maximum Gasteiger partial charge on any atom is -0.000197 e. The van der Waals surface area contributed by atoms with Gasteiger partial charge in [0.25, 0.3) is 0 Å². The van der Waals surface area contributed by atoms with Crippen molar-refractivity contribution in [3.8, 4) is 0 Å². The van der Waals surface area contributed by atoms with Gasteiger partial charge in [0.05, 0.1) is 0 Å². The number of hydrogen-bond acceptors (Lipinski definition) is 2. The van der Waals surface area contributed by atoms with Gasteiger partial charge in [0.2, 0.25) is 0 Å². The Kier molecular flexibility index (Phi) is 3.70. The Morgan fingerprint density at radius 2 is 1.89 bits per heavy atom. The van der Waals surface area contributed by atoms with Gasteiger partial charge in [-0.25, -0.2) is 0 Å². The summed E-state index contributed by atoms with van der Waals surface area (Å²) in [6.07, 6.45) is 8.86. The van der Waals surface area contributed by atoms with Crippen molar-refractivity contribution in [2.75, 3.05) is 24.6 Å². The summed E-state index contributed by atoms with van der Waals surface area (Å²) in [5.41, 5.74) is 1.20. The lowest BCUT2D eigenvalue weighted by molar-refractivity contribution is -0.0348. The highest BCUT2D eigenvalue weighted by molar-refractivity contribution is 7.99. The largest absolute Gasteiger partial charge is 0.316 e. The average molecular weight is 267 g/mol. The van der Waals surface area contributed by atoms with E-state index in [1.54, 1.807) is 0 Å². The van der Waals surface area contributed by atoms with Crippen LogP contribution in [0.4, 0.5) is 0 Å². The van der Waals surface area contributed by atoms with Gasteiger partial charge < -0.3 is 5.32 Å². The first kappa shape index (κ1) is 13.3. The summed E-state index contributed by atoms with van der Waals surface area (Å²) in [6.45, 7) is 7.70. The van der Waals surface area contributed by atoms with E-state index in [0.29, 0.717) is 10.8 Å². The summed E-state index contributed by atoms with van der Waals surface area (Å²) in [5, 5.41) is 3.71. The minimum atomic E-state index is 0.563. The molecule has 2 saturated heterocycles. The molecule has 104 valence electrons. The highest BCUT2D eigenvalue weighted by Gasteiger charge is 2.54. The molecule has 2 unspecified atom stereocenters. The molecule has 0 bridgehead atoms. The summed E-state index contributed by atoms with van der Waals surface area (Å²) in [6, 6.07) is 0. The molecule has 3 aliphatic rings. The lowest BCUT2D eigenvalue weighted by atomic mass is 9.53. The monoisotopic (exact) mass is 267 g/mol. The van der Waals surface area contributed by atoms with E-state index in [1.165, 1.54) is 63.1 Å². The van der Waals surface area contributed by atoms with Crippen molar-refractivity contribution in [1.29, 1.82) is 0 Å². The number of rotatable bonds is 1. The van der Waals surface area contributed by atoms with Crippen molar-refractivity contribution in [1.82, 2.24) is 5.32 Å². The SMILES string of the molecule is CC1(C)CCSCC12CCNCC2C1CCCC1. The molecule has 2 heterocycles. The Morgan fingerprint density at radius 1 is 1.11 bits per heavy atom. The first-order chi connectivity index (χ1) is 8.66. The van der Waals surface area contributed by atoms with E-state index in [4.69, 9.17) is 0 Å². The van der Waals surface area contributed by atoms with Gasteiger partial charge in [-0.15, -0.1) is 0 Å². The molecule has 2 atom stereocenters. The highest BCUT2D eigenvalue weighted by atomic mass is 32.2. The first-order valence-electron chi connectivity index (χ1n) is 7.94. The molecule has 18 heavy (non-hydrogen) atoms. The van der Waals surface area contributed by atoms with Crippen molar-refractivity contribution in [2.24, 2.45) is 22.7 Å². The van der Waals surface area contributed by atoms with Crippen molar-refractivity contribution in [2.45, 2.75) is 52.4 Å². The topological polar surface area (TPSA) is 12.0 Å². The molecule has 3 rings (SSSR count). The maximum absolute atomic E-state index is 3.71. The van der Waals surface area contributed by atoms with Crippen LogP contribution in [0.25, 0.3) is 0 Å². The second kappa shape index (κ2) is 5.01. The van der Waals surface area contributed by atoms with Gasteiger partial charge in [-0.05, 0) is 60.1 Å². The van der Waals surface area contributed by atoms with E-state index in [2.05, 4.69) is 30.9 Å². The zero-order valence-electron chi connectivity index (χ0n) is 12.1. The standard InChI is InChI=1S/C16H29NS/c1-15(2)8-10-18-12-16(15)7-9-17-11-14(16)13-5-3-4-6-13/h13-14,17H,3-12H2,1-2H3. The van der Waals surface area contributed by atoms with Crippen LogP contribution in [-0.4, -0.2) is 24.6 Å². The molecule has 3 fully saturated rings. The number of thioether (sulfide) groups is 1. The third-order valence-electron chi connectivity index (χ3n) is 6.37. The molecule has 1 spiro atoms. The van der Waals surface area contributed by atoms with Gasteiger partial charge in [0.15, 0.2) is 0 Å². The molecule has 0 aromatic heterocycles. The summed E-state index contributed by atoms with van der Waals surface area (Å²) in [5.74, 6) is 4.80. The zero-order valence-corrected chi connectivity index (χ0v) is 13.0. The van der Waals surface area contributed by atoms with Crippen LogP contribution in [0.5, 0.6) is 0 Å². The van der Waals surface area contributed by atoms with E-state index >= 15 is 0 Å². The van der Waals surface area contributed by atoms with Gasteiger partial charge in [-0.3, -0.25) is 0 Å². The fourth-order valence-electron chi connectivity index (χ4n) is 4.97. The molecule has 1 nitrogen and oxygen atoms in total. The van der Waals surface area contributed by atoms with E-state index in [-0.39, 0.29) is 0 Å². The van der Waals surface area contributed by atoms with Crippen molar-refractivity contribution in [3.05, 3.63) is 0 Å². The lowest BCUT2D eigenvalue weighted by Gasteiger charge is -2.58. The molecule has 0 radical (unpaired) electrons. The first-order valence-corrected chi connectivity index (χ1v) is 9.10. The van der Waals surface area contributed by atoms with Gasteiger partial charge in [-0.2, -0.15) is 11.8 Å². The van der Waals surface area contributed by atoms with Crippen LogP contribution in [0.15, 0.2) is 0 Å². The molecular formula is C16H29NS. The van der Waals surface area contributed by atoms with Crippen LogP contribution in [0.2, 0.25) is 0 Å². The third kappa shape index (κ3) is 2.04. The van der Waals surface area contributed by atoms with Crippen LogP contribution in [-0.2, 0) is 0 Å². The minimum absolute atomic E-state index is 0.563. The molecule has 1 saturated carbocycles. The Bertz CT molecular complexity index is 289. The van der Waals surface area contributed by atoms with Crippen LogP contribution in [0.1, 0.15) is 52.4 Å². The average Bonchev–Trinajstić information content (AvgIpc) is 2.87. The zero-order chi connectivity index (χ0) is 12.6. The predicted molar refractivity (Wildman–Crippen MR) is 81.1 cm³/mol. The fraction of sp³-hybridized carbons (Fsp3) is 1.00. The Balaban J connectivity index is 1.89. The van der Waals surface area contributed by atoms with Crippen LogP contribution in [0.3, 0.4) is 0 Å². The van der Waals surface area contributed by atoms with Crippen molar-refractivity contribution >= 4 is 11.8 Å². The Hall–Kier alpha value is 0.310. The highest BCUT2D eigenvalue weighted by Crippen LogP contribution is 2.59. The summed E-state index contributed by atoms with van der Waals surface area (Å²) < 4.78 is 0. The van der Waals surface area contributed by atoms with E-state index in [1.807, 2.05) is 0 Å². The number of nitrogens with one attached hydrogen (secondary N) is 1. The van der Waals surface area contributed by atoms with Gasteiger partial charge in [0.1, 0.15) is 0 Å². The quantitative estimate of drug-likeness (QED) is 0.772. The molecule has 0 amide bonds. The molecule has 0 aromatic rings. The minimum Gasteiger partial charge on any atom is -0.316 e. The van der Waals surface area contributed by atoms with Crippen LogP contribution in [0, 0.1) is 22.7 Å². The molecule has 0 aromatic carbocycles. The van der Waals surface area contributed by atoms with Crippen LogP contribution < -0.4 is 5.32 Å². The Labute approximate surface area is 117 Å². The van der Waals surface area contributed by atoms with Gasteiger partial charge in [-0.1, -0.05) is 39.5 Å². The fourth-order valence-corrected chi connectivity index (χ4v) is 6.89. The summed E-state index contributed by atoms with van der Waals surface area (Å²) >= 11 is 2.24. The van der Waals surface area contributed by atoms with Crippen molar-refractivity contribution in [3.63, 3.8) is 0 Å². The second-order valence-corrected chi connectivity index (χ2v) is 8.55. The maximum atomic E-state index is 3.71. The van der Waals surface area contributed by atoms with Gasteiger partial charge >= 0.3 is 0 Å². The van der Waals surface area contributed by atoms with E-state index < -0.39 is 0 Å². The lowest BCUT2D eigenvalue weighted by Crippen LogP contribution is -2.57. The molecule has 2 aliphatic heterocycles. The molecule has 1 N–H and O–H groups in total. The predicted octanol–water partition coefficient (Wildman–Crippen LogP) is 3.94. The van der Waals surface area contributed by atoms with Crippen LogP contribution >= 0.6 is 11.8 Å². The van der Waals surface area contributed by atoms with E-state index in [0.717, 1.165) is 11.8 Å². The van der Waals surface area contributed by atoms with Gasteiger partial charge in [0, 0.05) is 0 Å². The second-order valence-electron chi connectivity index (χ2n) is 7.45. The number of hydrogen-bond donors (Lipinski definition) is 1. The smallest absolute Gasteiger partial charge is 0.000197 e. The molecule has 1 aliphatic carbocycles. The third-order valence-corrected chi connectivity index (χ3v) is 7.58. The normalized spacial score (nSPS) is 41.3. The van der Waals surface area contributed by atoms with Crippen molar-refractivity contribution < 1.29 is 0 Å². The molecule has 2 heteroatoms. The molecular weight excluding hydrogens is 238 g/mol. The number of piperidine rings is 1. The van der Waals surface area contributed by atoms with E-state index in [9.17, 15) is 0 Å². The Morgan fingerprint density at radius 3 is 2.61 bits per heavy atom. The summed E-state index contributed by atoms with van der Waals surface area (Å²) in [4.78, 5) is 0.